The molecule has 7 nitrogen and oxygen atoms in total. The zero-order valence-corrected chi connectivity index (χ0v) is 13.3. The van der Waals surface area contributed by atoms with Gasteiger partial charge in [0, 0.05) is 23.3 Å². The minimum Gasteiger partial charge on any atom is -0.363 e. The van der Waals surface area contributed by atoms with Gasteiger partial charge < -0.3 is 20.1 Å². The highest BCUT2D eigenvalue weighted by atomic mass is 35.5. The molecular weight excluding hydrogens is 320 g/mol. The third-order valence-corrected chi connectivity index (χ3v) is 3.13. The fourth-order valence-electron chi connectivity index (χ4n) is 1.92. The Balaban J connectivity index is 1.96. The van der Waals surface area contributed by atoms with Gasteiger partial charge in [0.15, 0.2) is 5.82 Å². The topological polar surface area (TPSA) is 87.5 Å². The van der Waals surface area contributed by atoms with E-state index in [1.807, 2.05) is 6.92 Å². The highest BCUT2D eigenvalue weighted by Gasteiger charge is 2.17. The molecule has 0 aliphatic rings. The zero-order chi connectivity index (χ0) is 16.7. The first-order chi connectivity index (χ1) is 11.1. The van der Waals surface area contributed by atoms with E-state index in [-0.39, 0.29) is 18.5 Å². The first-order valence-electron chi connectivity index (χ1n) is 7.10. The second kappa shape index (κ2) is 8.19. The quantitative estimate of drug-likeness (QED) is 0.847. The summed E-state index contributed by atoms with van der Waals surface area (Å²) in [6.07, 6.45) is 2.07. The van der Waals surface area contributed by atoms with Crippen molar-refractivity contribution in [1.29, 1.82) is 0 Å². The van der Waals surface area contributed by atoms with Crippen molar-refractivity contribution in [2.24, 2.45) is 0 Å². The van der Waals surface area contributed by atoms with Gasteiger partial charge in [-0.1, -0.05) is 29.7 Å². The van der Waals surface area contributed by atoms with Crippen molar-refractivity contribution in [3.8, 4) is 0 Å². The standard InChI is InChI=1S/C15H17ClN4O3/c1-2-7-20(10-14(21)18-13-6-8-23-19-13)15(22)17-12-5-3-4-11(16)9-12/h3-6,8-9H,2,7,10H2,1H3,(H,17,22)(H,18,19,21). The Labute approximate surface area is 138 Å². The molecule has 1 aromatic heterocycles. The van der Waals surface area contributed by atoms with E-state index in [4.69, 9.17) is 11.6 Å². The molecule has 0 radical (unpaired) electrons. The third-order valence-electron chi connectivity index (χ3n) is 2.90. The number of rotatable bonds is 6. The first kappa shape index (κ1) is 16.8. The molecule has 1 heterocycles. The monoisotopic (exact) mass is 336 g/mol. The van der Waals surface area contributed by atoms with Crippen molar-refractivity contribution in [3.63, 3.8) is 0 Å². The van der Waals surface area contributed by atoms with Crippen LogP contribution in [-0.4, -0.2) is 35.1 Å². The molecule has 2 aromatic rings. The molecule has 2 rings (SSSR count). The molecule has 0 unspecified atom stereocenters. The summed E-state index contributed by atoms with van der Waals surface area (Å²) in [5.41, 5.74) is 0.570. The summed E-state index contributed by atoms with van der Waals surface area (Å²) in [4.78, 5) is 25.7. The Hall–Kier alpha value is -2.54. The maximum atomic E-state index is 12.3. The molecule has 0 aliphatic heterocycles. The largest absolute Gasteiger partial charge is 0.363 e. The van der Waals surface area contributed by atoms with Crippen LogP contribution in [0.3, 0.4) is 0 Å². The smallest absolute Gasteiger partial charge is 0.322 e. The van der Waals surface area contributed by atoms with Gasteiger partial charge in [-0.2, -0.15) is 0 Å². The fraction of sp³-hybridized carbons (Fsp3) is 0.267. The summed E-state index contributed by atoms with van der Waals surface area (Å²) in [6, 6.07) is 7.96. The van der Waals surface area contributed by atoms with Crippen LogP contribution in [0.15, 0.2) is 41.1 Å². The van der Waals surface area contributed by atoms with Gasteiger partial charge in [0.25, 0.3) is 0 Å². The van der Waals surface area contributed by atoms with Crippen LogP contribution in [0.4, 0.5) is 16.3 Å². The van der Waals surface area contributed by atoms with Crippen LogP contribution in [-0.2, 0) is 4.79 Å². The van der Waals surface area contributed by atoms with Gasteiger partial charge in [0.2, 0.25) is 5.91 Å². The molecule has 0 fully saturated rings. The highest BCUT2D eigenvalue weighted by molar-refractivity contribution is 6.30. The maximum absolute atomic E-state index is 12.3. The molecule has 3 amide bonds. The van der Waals surface area contributed by atoms with Crippen molar-refractivity contribution >= 4 is 35.0 Å². The number of anilines is 2. The van der Waals surface area contributed by atoms with Crippen LogP contribution in [0.1, 0.15) is 13.3 Å². The second-order valence-electron chi connectivity index (χ2n) is 4.79. The number of aromatic nitrogens is 1. The number of amides is 3. The molecule has 23 heavy (non-hydrogen) atoms. The Morgan fingerprint density at radius 3 is 2.78 bits per heavy atom. The average molecular weight is 337 g/mol. The second-order valence-corrected chi connectivity index (χ2v) is 5.23. The molecule has 0 saturated heterocycles. The van der Waals surface area contributed by atoms with E-state index in [2.05, 4.69) is 20.3 Å². The van der Waals surface area contributed by atoms with Gasteiger partial charge in [0.05, 0.1) is 0 Å². The van der Waals surface area contributed by atoms with Crippen LogP contribution in [0.5, 0.6) is 0 Å². The Morgan fingerprint density at radius 1 is 1.30 bits per heavy atom. The molecular formula is C15H17ClN4O3. The van der Waals surface area contributed by atoms with Crippen molar-refractivity contribution in [2.75, 3.05) is 23.7 Å². The number of nitrogens with zero attached hydrogens (tertiary/aromatic N) is 2. The van der Waals surface area contributed by atoms with Crippen molar-refractivity contribution in [1.82, 2.24) is 10.1 Å². The summed E-state index contributed by atoms with van der Waals surface area (Å²) in [7, 11) is 0. The predicted molar refractivity (Wildman–Crippen MR) is 87.5 cm³/mol. The molecule has 8 heteroatoms. The Kier molecular flexibility index (Phi) is 5.99. The molecule has 0 atom stereocenters. The van der Waals surface area contributed by atoms with Gasteiger partial charge in [-0.05, 0) is 24.6 Å². The summed E-state index contributed by atoms with van der Waals surface area (Å²) in [5, 5.41) is 9.39. The van der Waals surface area contributed by atoms with Crippen molar-refractivity contribution in [3.05, 3.63) is 41.6 Å². The lowest BCUT2D eigenvalue weighted by atomic mass is 10.3. The average Bonchev–Trinajstić information content (AvgIpc) is 2.99. The van der Waals surface area contributed by atoms with Crippen LogP contribution in [0.25, 0.3) is 0 Å². The van der Waals surface area contributed by atoms with Crippen LogP contribution in [0.2, 0.25) is 5.02 Å². The van der Waals surface area contributed by atoms with Gasteiger partial charge in [0.1, 0.15) is 12.8 Å². The van der Waals surface area contributed by atoms with Crippen molar-refractivity contribution in [2.45, 2.75) is 13.3 Å². The van der Waals surface area contributed by atoms with E-state index in [0.29, 0.717) is 23.1 Å². The van der Waals surface area contributed by atoms with Gasteiger partial charge in [-0.3, -0.25) is 4.79 Å². The zero-order valence-electron chi connectivity index (χ0n) is 12.6. The number of halogens is 1. The molecule has 0 aliphatic carbocycles. The van der Waals surface area contributed by atoms with Crippen LogP contribution in [0, 0.1) is 0 Å². The Bertz CT molecular complexity index is 661. The first-order valence-corrected chi connectivity index (χ1v) is 7.48. The number of nitrogens with one attached hydrogen (secondary N) is 2. The number of benzene rings is 1. The number of carbonyl (C=O) groups is 2. The molecule has 1 aromatic carbocycles. The summed E-state index contributed by atoms with van der Waals surface area (Å²) in [6.45, 7) is 2.28. The molecule has 2 N–H and O–H groups in total. The van der Waals surface area contributed by atoms with Crippen LogP contribution < -0.4 is 10.6 Å². The number of urea groups is 1. The van der Waals surface area contributed by atoms with E-state index < -0.39 is 0 Å². The van der Waals surface area contributed by atoms with Gasteiger partial charge >= 0.3 is 6.03 Å². The van der Waals surface area contributed by atoms with Gasteiger partial charge in [-0.15, -0.1) is 0 Å². The number of carbonyl (C=O) groups excluding carboxylic acids is 2. The van der Waals surface area contributed by atoms with Crippen LogP contribution >= 0.6 is 11.6 Å². The minimum absolute atomic E-state index is 0.0902. The normalized spacial score (nSPS) is 10.2. The summed E-state index contributed by atoms with van der Waals surface area (Å²) < 4.78 is 4.64. The molecule has 0 bridgehead atoms. The number of hydrogen-bond donors (Lipinski definition) is 2. The summed E-state index contributed by atoms with van der Waals surface area (Å²) in [5.74, 6) is -0.0460. The minimum atomic E-state index is -0.371. The molecule has 122 valence electrons. The van der Waals surface area contributed by atoms with Gasteiger partial charge in [-0.25, -0.2) is 4.79 Å². The van der Waals surface area contributed by atoms with E-state index in [1.54, 1.807) is 24.3 Å². The Morgan fingerprint density at radius 2 is 2.13 bits per heavy atom. The lowest BCUT2D eigenvalue weighted by Crippen LogP contribution is -2.41. The maximum Gasteiger partial charge on any atom is 0.322 e. The summed E-state index contributed by atoms with van der Waals surface area (Å²) >= 11 is 5.89. The number of hydrogen-bond acceptors (Lipinski definition) is 4. The van der Waals surface area contributed by atoms with E-state index in [0.717, 1.165) is 6.42 Å². The molecule has 0 saturated carbocycles. The van der Waals surface area contributed by atoms with E-state index >= 15 is 0 Å². The SMILES string of the molecule is CCCN(CC(=O)Nc1ccon1)C(=O)Nc1cccc(Cl)c1. The van der Waals surface area contributed by atoms with E-state index in [1.165, 1.54) is 17.2 Å². The lowest BCUT2D eigenvalue weighted by molar-refractivity contribution is -0.116. The predicted octanol–water partition coefficient (Wildman–Crippen LogP) is 3.21. The van der Waals surface area contributed by atoms with Crippen molar-refractivity contribution < 1.29 is 14.1 Å². The highest BCUT2D eigenvalue weighted by Crippen LogP contribution is 2.15. The van der Waals surface area contributed by atoms with E-state index in [9.17, 15) is 9.59 Å². The third kappa shape index (κ3) is 5.30. The molecule has 0 spiro atoms. The lowest BCUT2D eigenvalue weighted by Gasteiger charge is -2.21. The fourth-order valence-corrected chi connectivity index (χ4v) is 2.11.